The van der Waals surface area contributed by atoms with Crippen molar-refractivity contribution >= 4 is 34.1 Å². The largest absolute Gasteiger partial charge is 0.368 e. The highest BCUT2D eigenvalue weighted by atomic mass is 35.5. The van der Waals surface area contributed by atoms with Crippen LogP contribution in [0.3, 0.4) is 0 Å². The van der Waals surface area contributed by atoms with Crippen molar-refractivity contribution in [1.29, 1.82) is 0 Å². The molecule has 1 aromatic heterocycles. The molecule has 30 heavy (non-hydrogen) atoms. The standard InChI is InChI=1S/C22H23ClN4O3/c1-15-6-7-16(23)14-19(15)25-10-12-26(13-11-25)20(28)8-9-27-21(29)17-4-2-3-5-18(17)24-22(27)30/h2-7,14H,8-13H2,1H3,(H,24,30). The van der Waals surface area contributed by atoms with E-state index in [0.717, 1.165) is 15.8 Å². The summed E-state index contributed by atoms with van der Waals surface area (Å²) in [6, 6.07) is 12.7. The first-order valence-corrected chi connectivity index (χ1v) is 10.3. The molecule has 1 amide bonds. The van der Waals surface area contributed by atoms with Crippen molar-refractivity contribution in [2.75, 3.05) is 31.1 Å². The molecule has 8 heteroatoms. The SMILES string of the molecule is Cc1ccc(Cl)cc1N1CCN(C(=O)CCn2c(=O)[nH]c3ccccc3c2=O)CC1. The molecule has 2 heterocycles. The summed E-state index contributed by atoms with van der Waals surface area (Å²) < 4.78 is 1.10. The van der Waals surface area contributed by atoms with Crippen LogP contribution in [0.4, 0.5) is 5.69 Å². The molecular weight excluding hydrogens is 404 g/mol. The van der Waals surface area contributed by atoms with Gasteiger partial charge in [-0.1, -0.05) is 29.8 Å². The quantitative estimate of drug-likeness (QED) is 0.694. The number of nitrogens with zero attached hydrogens (tertiary/aromatic N) is 3. The Morgan fingerprint density at radius 3 is 2.57 bits per heavy atom. The van der Waals surface area contributed by atoms with Gasteiger partial charge in [0.05, 0.1) is 10.9 Å². The van der Waals surface area contributed by atoms with Crippen LogP contribution >= 0.6 is 11.6 Å². The molecular formula is C22H23ClN4O3. The minimum absolute atomic E-state index is 0.0584. The Balaban J connectivity index is 1.40. The number of hydrogen-bond acceptors (Lipinski definition) is 4. The van der Waals surface area contributed by atoms with Crippen LogP contribution in [0.2, 0.25) is 5.02 Å². The lowest BCUT2D eigenvalue weighted by atomic mass is 10.1. The molecule has 1 N–H and O–H groups in total. The highest BCUT2D eigenvalue weighted by Gasteiger charge is 2.22. The van der Waals surface area contributed by atoms with Crippen LogP contribution < -0.4 is 16.1 Å². The molecule has 4 rings (SSSR count). The van der Waals surface area contributed by atoms with Crippen LogP contribution in [0, 0.1) is 6.92 Å². The number of para-hydroxylation sites is 1. The lowest BCUT2D eigenvalue weighted by molar-refractivity contribution is -0.131. The van der Waals surface area contributed by atoms with Gasteiger partial charge in [-0.25, -0.2) is 4.79 Å². The van der Waals surface area contributed by atoms with Crippen LogP contribution in [0.25, 0.3) is 10.9 Å². The van der Waals surface area contributed by atoms with Gasteiger partial charge in [-0.15, -0.1) is 0 Å². The van der Waals surface area contributed by atoms with E-state index in [1.165, 1.54) is 0 Å². The fourth-order valence-corrected chi connectivity index (χ4v) is 4.05. The van der Waals surface area contributed by atoms with E-state index in [2.05, 4.69) is 9.88 Å². The number of halogens is 1. The number of piperazine rings is 1. The number of H-pyrrole nitrogens is 1. The Bertz CT molecular complexity index is 1210. The van der Waals surface area contributed by atoms with Gasteiger partial charge in [0, 0.05) is 49.9 Å². The van der Waals surface area contributed by atoms with Crippen LogP contribution in [0.5, 0.6) is 0 Å². The van der Waals surface area contributed by atoms with Gasteiger partial charge >= 0.3 is 5.69 Å². The summed E-state index contributed by atoms with van der Waals surface area (Å²) >= 11 is 6.13. The molecule has 1 saturated heterocycles. The maximum atomic E-state index is 12.7. The minimum Gasteiger partial charge on any atom is -0.368 e. The first-order valence-electron chi connectivity index (χ1n) is 9.95. The normalized spacial score (nSPS) is 14.3. The Kier molecular flexibility index (Phi) is 5.63. The number of rotatable bonds is 4. The molecule has 0 saturated carbocycles. The van der Waals surface area contributed by atoms with E-state index in [9.17, 15) is 14.4 Å². The van der Waals surface area contributed by atoms with E-state index >= 15 is 0 Å². The van der Waals surface area contributed by atoms with E-state index in [1.54, 1.807) is 29.2 Å². The number of aryl methyl sites for hydroxylation is 1. The zero-order valence-electron chi connectivity index (χ0n) is 16.7. The number of carbonyl (C=O) groups excluding carboxylic acids is 1. The van der Waals surface area contributed by atoms with Gasteiger partial charge in [0.15, 0.2) is 0 Å². The minimum atomic E-state index is -0.493. The van der Waals surface area contributed by atoms with Crippen LogP contribution in [0.1, 0.15) is 12.0 Å². The predicted molar refractivity (Wildman–Crippen MR) is 118 cm³/mol. The second-order valence-electron chi connectivity index (χ2n) is 7.48. The Labute approximate surface area is 178 Å². The van der Waals surface area contributed by atoms with Crippen molar-refractivity contribution in [3.05, 3.63) is 73.9 Å². The summed E-state index contributed by atoms with van der Waals surface area (Å²) in [7, 11) is 0. The number of aromatic nitrogens is 2. The van der Waals surface area contributed by atoms with E-state index in [-0.39, 0.29) is 24.4 Å². The van der Waals surface area contributed by atoms with Gasteiger partial charge in [-0.2, -0.15) is 0 Å². The summed E-state index contributed by atoms with van der Waals surface area (Å²) in [6.07, 6.45) is 0.109. The third-order valence-corrected chi connectivity index (χ3v) is 5.82. The van der Waals surface area contributed by atoms with Gasteiger partial charge in [0.2, 0.25) is 5.91 Å². The number of nitrogens with one attached hydrogen (secondary N) is 1. The van der Waals surface area contributed by atoms with Crippen LogP contribution in [-0.2, 0) is 11.3 Å². The third-order valence-electron chi connectivity index (χ3n) is 5.58. The van der Waals surface area contributed by atoms with E-state index < -0.39 is 5.69 Å². The van der Waals surface area contributed by atoms with E-state index in [4.69, 9.17) is 11.6 Å². The molecule has 0 atom stereocenters. The predicted octanol–water partition coefficient (Wildman–Crippen LogP) is 2.39. The summed E-state index contributed by atoms with van der Waals surface area (Å²) in [6.45, 7) is 4.71. The molecule has 0 spiro atoms. The van der Waals surface area contributed by atoms with Crippen molar-refractivity contribution in [2.45, 2.75) is 19.9 Å². The van der Waals surface area contributed by atoms with Gasteiger partial charge in [-0.3, -0.25) is 14.2 Å². The van der Waals surface area contributed by atoms with Crippen molar-refractivity contribution in [3.63, 3.8) is 0 Å². The third kappa shape index (κ3) is 3.98. The lowest BCUT2D eigenvalue weighted by Gasteiger charge is -2.37. The highest BCUT2D eigenvalue weighted by Crippen LogP contribution is 2.25. The zero-order valence-corrected chi connectivity index (χ0v) is 17.5. The molecule has 0 radical (unpaired) electrons. The van der Waals surface area contributed by atoms with Crippen LogP contribution in [0.15, 0.2) is 52.1 Å². The fraction of sp³-hybridized carbons (Fsp3) is 0.318. The molecule has 0 unspecified atom stereocenters. The first kappa shape index (κ1) is 20.2. The zero-order chi connectivity index (χ0) is 21.3. The molecule has 7 nitrogen and oxygen atoms in total. The van der Waals surface area contributed by atoms with Crippen molar-refractivity contribution in [3.8, 4) is 0 Å². The molecule has 1 aliphatic rings. The average molecular weight is 427 g/mol. The number of aromatic amines is 1. The molecule has 2 aromatic carbocycles. The second kappa shape index (κ2) is 8.36. The monoisotopic (exact) mass is 426 g/mol. The number of anilines is 1. The van der Waals surface area contributed by atoms with Gasteiger partial charge in [-0.05, 0) is 36.8 Å². The van der Waals surface area contributed by atoms with Gasteiger partial charge in [0.1, 0.15) is 0 Å². The first-order chi connectivity index (χ1) is 14.4. The number of fused-ring (bicyclic) bond motifs is 1. The van der Waals surface area contributed by atoms with Crippen molar-refractivity contribution in [2.24, 2.45) is 0 Å². The molecule has 1 fully saturated rings. The summed E-state index contributed by atoms with van der Waals surface area (Å²) in [5, 5.41) is 1.13. The molecule has 0 aliphatic carbocycles. The maximum absolute atomic E-state index is 12.7. The van der Waals surface area contributed by atoms with E-state index in [0.29, 0.717) is 42.1 Å². The smallest absolute Gasteiger partial charge is 0.328 e. The summed E-state index contributed by atoms with van der Waals surface area (Å²) in [5.74, 6) is -0.0584. The summed E-state index contributed by atoms with van der Waals surface area (Å²) in [5.41, 5.74) is 1.87. The topological polar surface area (TPSA) is 78.4 Å². The Morgan fingerprint density at radius 2 is 1.80 bits per heavy atom. The maximum Gasteiger partial charge on any atom is 0.328 e. The number of benzene rings is 2. The number of hydrogen-bond donors (Lipinski definition) is 1. The molecule has 0 bridgehead atoms. The molecule has 1 aliphatic heterocycles. The van der Waals surface area contributed by atoms with E-state index in [1.807, 2.05) is 25.1 Å². The molecule has 156 valence electrons. The van der Waals surface area contributed by atoms with Crippen molar-refractivity contribution < 1.29 is 4.79 Å². The average Bonchev–Trinajstić information content (AvgIpc) is 2.75. The number of amides is 1. The highest BCUT2D eigenvalue weighted by molar-refractivity contribution is 6.30. The Morgan fingerprint density at radius 1 is 1.07 bits per heavy atom. The Hall–Kier alpha value is -3.06. The molecule has 3 aromatic rings. The fourth-order valence-electron chi connectivity index (χ4n) is 3.89. The van der Waals surface area contributed by atoms with Gasteiger partial charge < -0.3 is 14.8 Å². The van der Waals surface area contributed by atoms with Crippen molar-refractivity contribution in [1.82, 2.24) is 14.5 Å². The van der Waals surface area contributed by atoms with Crippen LogP contribution in [-0.4, -0.2) is 46.5 Å². The van der Waals surface area contributed by atoms with Gasteiger partial charge in [0.25, 0.3) is 5.56 Å². The second-order valence-corrected chi connectivity index (χ2v) is 7.92. The summed E-state index contributed by atoms with van der Waals surface area (Å²) in [4.78, 5) is 44.3. The number of carbonyl (C=O) groups is 1. The lowest BCUT2D eigenvalue weighted by Crippen LogP contribution is -2.49.